The summed E-state index contributed by atoms with van der Waals surface area (Å²) in [5.41, 5.74) is 5.35. The van der Waals surface area contributed by atoms with Crippen LogP contribution in [-0.4, -0.2) is 50.6 Å². The Kier molecular flexibility index (Phi) is 10.0. The Balaban J connectivity index is 0. The fraction of sp³-hybridized carbons (Fsp3) is 0.600. The molecule has 0 aromatic rings. The lowest BCUT2D eigenvalue weighted by Crippen LogP contribution is -2.39. The van der Waals surface area contributed by atoms with Gasteiger partial charge in [-0.05, 0) is 6.42 Å². The van der Waals surface area contributed by atoms with Gasteiger partial charge in [0.1, 0.15) is 0 Å². The van der Waals surface area contributed by atoms with Gasteiger partial charge in [0, 0.05) is 0 Å². The highest BCUT2D eigenvalue weighted by Gasteiger charge is 2.29. The summed E-state index contributed by atoms with van der Waals surface area (Å²) >= 11 is 0. The maximum Gasteiger partial charge on any atom is 0.335 e. The number of aliphatic hydroxyl groups is 2. The number of hydrogen-bond acceptors (Lipinski definition) is 5. The molecule has 0 aliphatic heterocycles. The largest absolute Gasteiger partial charge is 0.479 e. The van der Waals surface area contributed by atoms with E-state index in [1.165, 1.54) is 0 Å². The second-order valence-corrected chi connectivity index (χ2v) is 3.13. The number of nitrogens with two attached hydrogens (primary N) is 1. The molecule has 7 nitrogen and oxygen atoms in total. The van der Waals surface area contributed by atoms with Crippen molar-refractivity contribution in [3.63, 3.8) is 0 Å². The molecule has 0 rings (SSSR count). The lowest BCUT2D eigenvalue weighted by atomic mass is 10.2. The monoisotopic (exact) mass is 247 g/mol. The van der Waals surface area contributed by atoms with Crippen LogP contribution < -0.4 is 5.73 Å². The molecule has 17 heavy (non-hydrogen) atoms. The minimum absolute atomic E-state index is 0.0231. The van der Waals surface area contributed by atoms with Crippen LogP contribution in [0, 0.1) is 12.3 Å². The first kappa shape index (κ1) is 17.8. The van der Waals surface area contributed by atoms with Crippen LogP contribution >= 0.6 is 0 Å². The number of terminal acetylenes is 1. The van der Waals surface area contributed by atoms with Crippen molar-refractivity contribution in [2.75, 3.05) is 0 Å². The Morgan fingerprint density at radius 3 is 1.71 bits per heavy atom. The first-order valence-electron chi connectivity index (χ1n) is 4.81. The molecule has 0 unspecified atom stereocenters. The number of carbonyl (C=O) groups is 2. The maximum atomic E-state index is 9.77. The highest BCUT2D eigenvalue weighted by atomic mass is 16.4. The summed E-state index contributed by atoms with van der Waals surface area (Å²) < 4.78 is 0. The van der Waals surface area contributed by atoms with E-state index in [1.807, 2.05) is 0 Å². The molecule has 98 valence electrons. The fourth-order valence-corrected chi connectivity index (χ4v) is 0.664. The second kappa shape index (κ2) is 9.59. The molecule has 0 spiro atoms. The second-order valence-electron chi connectivity index (χ2n) is 3.13. The molecular weight excluding hydrogens is 230 g/mol. The average molecular weight is 247 g/mol. The Bertz CT molecular complexity index is 267. The van der Waals surface area contributed by atoms with Crippen molar-refractivity contribution in [3.8, 4) is 12.3 Å². The molecule has 0 aromatic heterocycles. The van der Waals surface area contributed by atoms with Crippen LogP contribution in [0.25, 0.3) is 0 Å². The van der Waals surface area contributed by atoms with Crippen LogP contribution in [0.2, 0.25) is 0 Å². The van der Waals surface area contributed by atoms with Crippen LogP contribution in [0.15, 0.2) is 0 Å². The van der Waals surface area contributed by atoms with Gasteiger partial charge in [0.2, 0.25) is 0 Å². The van der Waals surface area contributed by atoms with Crippen LogP contribution in [-0.2, 0) is 9.59 Å². The normalized spacial score (nSPS) is 14.5. The van der Waals surface area contributed by atoms with E-state index in [-0.39, 0.29) is 6.04 Å². The van der Waals surface area contributed by atoms with Crippen LogP contribution in [0.3, 0.4) is 0 Å². The molecule has 0 saturated carbocycles. The summed E-state index contributed by atoms with van der Waals surface area (Å²) in [6, 6.07) is -0.0231. The standard InChI is InChI=1S/C6H11N.C4H6O6/c1-3-5-6(7)4-2;5-1(3(7)8)2(6)4(9)10/h2,6H,3,5,7H2,1H3;1-2,5-6H,(H,7,8)(H,9,10)/t6-;1-,2-/m11/s1. The zero-order valence-electron chi connectivity index (χ0n) is 9.41. The van der Waals surface area contributed by atoms with Crippen molar-refractivity contribution >= 4 is 11.9 Å². The van der Waals surface area contributed by atoms with E-state index in [9.17, 15) is 9.59 Å². The molecule has 0 heterocycles. The lowest BCUT2D eigenvalue weighted by Gasteiger charge is -2.07. The Labute approximate surface area is 98.9 Å². The molecule has 0 radical (unpaired) electrons. The van der Waals surface area contributed by atoms with Gasteiger partial charge >= 0.3 is 11.9 Å². The molecular formula is C10H17NO6. The van der Waals surface area contributed by atoms with Gasteiger partial charge in [0.05, 0.1) is 6.04 Å². The highest BCUT2D eigenvalue weighted by molar-refractivity contribution is 5.83. The SMILES string of the molecule is C#C[C@@H](N)CCC.O=C(O)[C@H](O)[C@@H](O)C(=O)O. The van der Waals surface area contributed by atoms with E-state index in [4.69, 9.17) is 32.6 Å². The minimum Gasteiger partial charge on any atom is -0.479 e. The zero-order chi connectivity index (χ0) is 14.0. The fourth-order valence-electron chi connectivity index (χ4n) is 0.664. The van der Waals surface area contributed by atoms with Crippen molar-refractivity contribution < 1.29 is 30.0 Å². The summed E-state index contributed by atoms with van der Waals surface area (Å²) in [5, 5.41) is 32.5. The van der Waals surface area contributed by atoms with Crippen molar-refractivity contribution in [2.45, 2.75) is 38.0 Å². The van der Waals surface area contributed by atoms with E-state index in [0.717, 1.165) is 12.8 Å². The van der Waals surface area contributed by atoms with E-state index < -0.39 is 24.1 Å². The molecule has 0 aliphatic rings. The van der Waals surface area contributed by atoms with Crippen LogP contribution in [0.4, 0.5) is 0 Å². The quantitative estimate of drug-likeness (QED) is 0.377. The third kappa shape index (κ3) is 9.32. The van der Waals surface area contributed by atoms with E-state index in [1.54, 1.807) is 0 Å². The number of rotatable bonds is 5. The van der Waals surface area contributed by atoms with Gasteiger partial charge < -0.3 is 26.2 Å². The summed E-state index contributed by atoms with van der Waals surface area (Å²) in [4.78, 5) is 19.5. The number of aliphatic hydroxyl groups excluding tert-OH is 2. The topological polar surface area (TPSA) is 141 Å². The lowest BCUT2D eigenvalue weighted by molar-refractivity contribution is -0.165. The van der Waals surface area contributed by atoms with Gasteiger partial charge in [-0.25, -0.2) is 9.59 Å². The third-order valence-corrected chi connectivity index (χ3v) is 1.62. The van der Waals surface area contributed by atoms with E-state index in [2.05, 4.69) is 12.8 Å². The third-order valence-electron chi connectivity index (χ3n) is 1.62. The number of aliphatic carboxylic acids is 2. The Morgan fingerprint density at radius 1 is 1.24 bits per heavy atom. The van der Waals surface area contributed by atoms with Crippen molar-refractivity contribution in [1.29, 1.82) is 0 Å². The molecule has 0 aromatic carbocycles. The molecule has 7 heteroatoms. The maximum absolute atomic E-state index is 9.77. The van der Waals surface area contributed by atoms with Crippen molar-refractivity contribution in [3.05, 3.63) is 0 Å². The average Bonchev–Trinajstić information content (AvgIpc) is 2.27. The molecule has 0 bridgehead atoms. The van der Waals surface area contributed by atoms with Gasteiger partial charge in [-0.15, -0.1) is 6.42 Å². The first-order valence-corrected chi connectivity index (χ1v) is 4.81. The van der Waals surface area contributed by atoms with Gasteiger partial charge in [-0.3, -0.25) is 0 Å². The van der Waals surface area contributed by atoms with Crippen molar-refractivity contribution in [2.24, 2.45) is 5.73 Å². The number of carboxylic acid groups (broad SMARTS) is 2. The van der Waals surface area contributed by atoms with Gasteiger partial charge in [0.25, 0.3) is 0 Å². The first-order chi connectivity index (χ1) is 7.77. The summed E-state index contributed by atoms with van der Waals surface area (Å²) in [5.74, 6) is -1.09. The van der Waals surface area contributed by atoms with E-state index >= 15 is 0 Å². The molecule has 6 N–H and O–H groups in total. The zero-order valence-corrected chi connectivity index (χ0v) is 9.41. The predicted octanol–water partition coefficient (Wildman–Crippen LogP) is -1.38. The van der Waals surface area contributed by atoms with Gasteiger partial charge in [-0.2, -0.15) is 0 Å². The number of carboxylic acids is 2. The smallest absolute Gasteiger partial charge is 0.335 e. The molecule has 3 atom stereocenters. The summed E-state index contributed by atoms with van der Waals surface area (Å²) in [7, 11) is 0. The Morgan fingerprint density at radius 2 is 1.59 bits per heavy atom. The van der Waals surface area contributed by atoms with Crippen LogP contribution in [0.5, 0.6) is 0 Å². The summed E-state index contributed by atoms with van der Waals surface area (Å²) in [6.07, 6.45) is 2.47. The highest BCUT2D eigenvalue weighted by Crippen LogP contribution is 1.92. The number of hydrogen-bond donors (Lipinski definition) is 5. The van der Waals surface area contributed by atoms with Gasteiger partial charge in [0.15, 0.2) is 12.2 Å². The molecule has 0 fully saturated rings. The molecule has 0 saturated heterocycles. The minimum atomic E-state index is -2.27. The van der Waals surface area contributed by atoms with Crippen molar-refractivity contribution in [1.82, 2.24) is 0 Å². The summed E-state index contributed by atoms with van der Waals surface area (Å²) in [6.45, 7) is 2.07. The van der Waals surface area contributed by atoms with Crippen LogP contribution in [0.1, 0.15) is 19.8 Å². The molecule has 0 aliphatic carbocycles. The van der Waals surface area contributed by atoms with E-state index in [0.29, 0.717) is 0 Å². The Hall–Kier alpha value is -1.62. The predicted molar refractivity (Wildman–Crippen MR) is 59.0 cm³/mol. The molecule has 0 amide bonds. The van der Waals surface area contributed by atoms with Gasteiger partial charge in [-0.1, -0.05) is 19.3 Å².